The zero-order chi connectivity index (χ0) is 17.5. The fraction of sp³-hybridized carbons (Fsp3) is 0.529. The molecular formula is C17H25BrClN3O3. The molecule has 1 heterocycles. The number of anilines is 1. The van der Waals surface area contributed by atoms with E-state index >= 15 is 0 Å². The normalized spacial score (nSPS) is 15.6. The van der Waals surface area contributed by atoms with E-state index in [9.17, 15) is 9.59 Å². The molecule has 2 rings (SSSR count). The molecule has 1 fully saturated rings. The largest absolute Gasteiger partial charge is 0.480 e. The molecule has 6 nitrogen and oxygen atoms in total. The first-order valence-corrected chi connectivity index (χ1v) is 9.01. The number of carboxylic acids is 1. The van der Waals surface area contributed by atoms with Gasteiger partial charge in [-0.05, 0) is 47.4 Å². The van der Waals surface area contributed by atoms with Crippen molar-refractivity contribution in [1.82, 2.24) is 9.80 Å². The van der Waals surface area contributed by atoms with Crippen LogP contribution in [-0.4, -0.2) is 65.5 Å². The number of rotatable bonds is 7. The molecule has 2 N–H and O–H groups in total. The highest BCUT2D eigenvalue weighted by atomic mass is 79.9. The van der Waals surface area contributed by atoms with Crippen molar-refractivity contribution in [3.05, 3.63) is 28.7 Å². The van der Waals surface area contributed by atoms with Gasteiger partial charge in [0.25, 0.3) is 0 Å². The van der Waals surface area contributed by atoms with Gasteiger partial charge in [-0.15, -0.1) is 12.4 Å². The van der Waals surface area contributed by atoms with Crippen molar-refractivity contribution in [3.8, 4) is 0 Å². The average molecular weight is 435 g/mol. The fourth-order valence-corrected chi connectivity index (χ4v) is 3.45. The quantitative estimate of drug-likeness (QED) is 0.690. The van der Waals surface area contributed by atoms with Gasteiger partial charge in [-0.1, -0.05) is 19.1 Å². The van der Waals surface area contributed by atoms with E-state index in [0.29, 0.717) is 6.54 Å². The first-order chi connectivity index (χ1) is 11.5. The van der Waals surface area contributed by atoms with Gasteiger partial charge < -0.3 is 10.4 Å². The first-order valence-electron chi connectivity index (χ1n) is 8.22. The summed E-state index contributed by atoms with van der Waals surface area (Å²) in [6.07, 6.45) is 1.78. The Balaban J connectivity index is 0.00000312. The van der Waals surface area contributed by atoms with Crippen LogP contribution in [0.1, 0.15) is 19.8 Å². The van der Waals surface area contributed by atoms with E-state index in [1.165, 1.54) is 0 Å². The number of nitrogens with zero attached hydrogens (tertiary/aromatic N) is 2. The molecular weight excluding hydrogens is 410 g/mol. The van der Waals surface area contributed by atoms with Crippen LogP contribution < -0.4 is 5.32 Å². The Morgan fingerprint density at radius 1 is 1.32 bits per heavy atom. The van der Waals surface area contributed by atoms with Gasteiger partial charge in [0.15, 0.2) is 0 Å². The molecule has 0 radical (unpaired) electrons. The summed E-state index contributed by atoms with van der Waals surface area (Å²) in [7, 11) is 0. The lowest BCUT2D eigenvalue weighted by Crippen LogP contribution is -2.48. The lowest BCUT2D eigenvalue weighted by atomic mass is 10.0. The summed E-state index contributed by atoms with van der Waals surface area (Å²) in [6.45, 7) is 4.79. The number of likely N-dealkylation sites (N-methyl/N-ethyl adjacent to an activating group) is 1. The second-order valence-corrected chi connectivity index (χ2v) is 6.85. The number of nitrogens with one attached hydrogen (secondary N) is 1. The van der Waals surface area contributed by atoms with Gasteiger partial charge >= 0.3 is 5.97 Å². The highest BCUT2D eigenvalue weighted by Crippen LogP contribution is 2.21. The maximum atomic E-state index is 12.2. The zero-order valence-corrected chi connectivity index (χ0v) is 16.7. The molecule has 0 bridgehead atoms. The van der Waals surface area contributed by atoms with Crippen LogP contribution in [0.15, 0.2) is 28.7 Å². The van der Waals surface area contributed by atoms with Gasteiger partial charge in [0, 0.05) is 23.6 Å². The summed E-state index contributed by atoms with van der Waals surface area (Å²) >= 11 is 3.42. The number of hydrogen-bond donors (Lipinski definition) is 2. The third-order valence-electron chi connectivity index (χ3n) is 4.33. The predicted molar refractivity (Wildman–Crippen MR) is 104 cm³/mol. The van der Waals surface area contributed by atoms with E-state index in [1.54, 1.807) is 0 Å². The van der Waals surface area contributed by atoms with Crippen molar-refractivity contribution in [2.45, 2.75) is 25.8 Å². The number of carbonyl (C=O) groups is 2. The molecule has 8 heteroatoms. The van der Waals surface area contributed by atoms with Crippen LogP contribution in [0.3, 0.4) is 0 Å². The standard InChI is InChI=1S/C17H24BrN3O3.ClH/c1-2-21(12-17(23)24)13-7-9-20(10-8-13)11-16(22)19-15-6-4-3-5-14(15)18;/h3-6,13H,2,7-12H2,1H3,(H,19,22)(H,23,24);1H. The SMILES string of the molecule is CCN(CC(=O)O)C1CCN(CC(=O)Nc2ccccc2Br)CC1.Cl. The molecule has 0 aromatic heterocycles. The molecule has 1 amide bonds. The minimum atomic E-state index is -0.785. The van der Waals surface area contributed by atoms with E-state index in [4.69, 9.17) is 5.11 Å². The second-order valence-electron chi connectivity index (χ2n) is 5.99. The van der Waals surface area contributed by atoms with Crippen LogP contribution in [0.5, 0.6) is 0 Å². The lowest BCUT2D eigenvalue weighted by Gasteiger charge is -2.37. The molecule has 0 unspecified atom stereocenters. The minimum absolute atomic E-state index is 0. The van der Waals surface area contributed by atoms with Crippen LogP contribution in [0, 0.1) is 0 Å². The predicted octanol–water partition coefficient (Wildman–Crippen LogP) is 2.68. The second kappa shape index (κ2) is 10.8. The van der Waals surface area contributed by atoms with Crippen molar-refractivity contribution in [2.24, 2.45) is 0 Å². The summed E-state index contributed by atoms with van der Waals surface area (Å²) in [5, 5.41) is 11.9. The summed E-state index contributed by atoms with van der Waals surface area (Å²) in [5.41, 5.74) is 0.774. The van der Waals surface area contributed by atoms with Crippen molar-refractivity contribution >= 4 is 45.9 Å². The van der Waals surface area contributed by atoms with Gasteiger partial charge in [-0.2, -0.15) is 0 Å². The van der Waals surface area contributed by atoms with Gasteiger partial charge in [0.05, 0.1) is 18.8 Å². The maximum Gasteiger partial charge on any atom is 0.317 e. The van der Waals surface area contributed by atoms with Crippen LogP contribution >= 0.6 is 28.3 Å². The topological polar surface area (TPSA) is 72.9 Å². The number of hydrogen-bond acceptors (Lipinski definition) is 4. The summed E-state index contributed by atoms with van der Waals surface area (Å²) in [5.74, 6) is -0.815. The van der Waals surface area contributed by atoms with E-state index in [0.717, 1.165) is 42.6 Å². The number of benzene rings is 1. The number of halogens is 2. The smallest absolute Gasteiger partial charge is 0.317 e. The van der Waals surface area contributed by atoms with Crippen molar-refractivity contribution < 1.29 is 14.7 Å². The van der Waals surface area contributed by atoms with Crippen LogP contribution in [0.4, 0.5) is 5.69 Å². The number of carboxylic acid groups (broad SMARTS) is 1. The number of para-hydroxylation sites is 1. The van der Waals surface area contributed by atoms with Crippen LogP contribution in [0.25, 0.3) is 0 Å². The van der Waals surface area contributed by atoms with Crippen molar-refractivity contribution in [1.29, 1.82) is 0 Å². The first kappa shape index (κ1) is 21.9. The Kier molecular flexibility index (Phi) is 9.42. The molecule has 25 heavy (non-hydrogen) atoms. The van der Waals surface area contributed by atoms with Crippen LogP contribution in [-0.2, 0) is 9.59 Å². The number of carbonyl (C=O) groups excluding carboxylic acids is 1. The third-order valence-corrected chi connectivity index (χ3v) is 5.02. The van der Waals surface area contributed by atoms with Crippen molar-refractivity contribution in [2.75, 3.05) is 38.0 Å². The monoisotopic (exact) mass is 433 g/mol. The summed E-state index contributed by atoms with van der Waals surface area (Å²) in [4.78, 5) is 27.2. The lowest BCUT2D eigenvalue weighted by molar-refractivity contribution is -0.139. The molecule has 1 aliphatic heterocycles. The van der Waals surface area contributed by atoms with E-state index in [-0.39, 0.29) is 30.9 Å². The third kappa shape index (κ3) is 6.93. The molecule has 1 aromatic carbocycles. The van der Waals surface area contributed by atoms with E-state index < -0.39 is 5.97 Å². The van der Waals surface area contributed by atoms with Gasteiger partial charge in [0.2, 0.25) is 5.91 Å². The molecule has 1 aliphatic rings. The maximum absolute atomic E-state index is 12.2. The van der Waals surface area contributed by atoms with Gasteiger partial charge in [-0.25, -0.2) is 0 Å². The highest BCUT2D eigenvalue weighted by molar-refractivity contribution is 9.10. The Labute approximate surface area is 163 Å². The Bertz CT molecular complexity index is 580. The number of aliphatic carboxylic acids is 1. The van der Waals surface area contributed by atoms with E-state index in [2.05, 4.69) is 26.1 Å². The highest BCUT2D eigenvalue weighted by Gasteiger charge is 2.25. The Morgan fingerprint density at radius 3 is 2.52 bits per heavy atom. The number of likely N-dealkylation sites (tertiary alicyclic amines) is 1. The molecule has 1 saturated heterocycles. The Hall–Kier alpha value is -1.15. The zero-order valence-electron chi connectivity index (χ0n) is 14.3. The number of amides is 1. The Morgan fingerprint density at radius 2 is 1.96 bits per heavy atom. The number of piperidine rings is 1. The molecule has 0 aliphatic carbocycles. The van der Waals surface area contributed by atoms with Crippen molar-refractivity contribution in [3.63, 3.8) is 0 Å². The minimum Gasteiger partial charge on any atom is -0.480 e. The van der Waals surface area contributed by atoms with Crippen LogP contribution in [0.2, 0.25) is 0 Å². The molecule has 140 valence electrons. The molecule has 1 aromatic rings. The molecule has 0 atom stereocenters. The van der Waals surface area contributed by atoms with Gasteiger partial charge in [0.1, 0.15) is 0 Å². The average Bonchev–Trinajstić information content (AvgIpc) is 2.55. The molecule has 0 spiro atoms. The van der Waals surface area contributed by atoms with E-state index in [1.807, 2.05) is 36.1 Å². The summed E-state index contributed by atoms with van der Waals surface area (Å²) < 4.78 is 0.865. The molecule has 0 saturated carbocycles. The van der Waals surface area contributed by atoms with Gasteiger partial charge in [-0.3, -0.25) is 19.4 Å². The fourth-order valence-electron chi connectivity index (χ4n) is 3.07. The summed E-state index contributed by atoms with van der Waals surface area (Å²) in [6, 6.07) is 7.82.